The fraction of sp³-hybridized carbons (Fsp3) is 0.343. The number of hydrogen-bond acceptors (Lipinski definition) is 7. The van der Waals surface area contributed by atoms with Gasteiger partial charge in [-0.1, -0.05) is 55.0 Å². The van der Waals surface area contributed by atoms with E-state index in [-0.39, 0.29) is 0 Å². The molecule has 0 spiro atoms. The van der Waals surface area contributed by atoms with Gasteiger partial charge in [0.1, 0.15) is 17.3 Å². The maximum atomic E-state index is 13.6. The van der Waals surface area contributed by atoms with Gasteiger partial charge in [0.15, 0.2) is 0 Å². The van der Waals surface area contributed by atoms with Crippen LogP contribution in [0.3, 0.4) is 0 Å². The van der Waals surface area contributed by atoms with Crippen molar-refractivity contribution in [1.29, 1.82) is 0 Å². The minimum absolute atomic E-state index is 0.386. The first kappa shape index (κ1) is 30.0. The molecule has 0 unspecified atom stereocenters. The van der Waals surface area contributed by atoms with Crippen LogP contribution in [-0.4, -0.2) is 53.7 Å². The van der Waals surface area contributed by atoms with Crippen LogP contribution < -0.4 is 19.7 Å². The average Bonchev–Trinajstić information content (AvgIpc) is 3.03. The quantitative estimate of drug-likeness (QED) is 0.176. The van der Waals surface area contributed by atoms with Gasteiger partial charge in [0.05, 0.1) is 6.61 Å². The van der Waals surface area contributed by atoms with Gasteiger partial charge in [-0.25, -0.2) is 9.78 Å². The van der Waals surface area contributed by atoms with Gasteiger partial charge in [0.2, 0.25) is 5.95 Å². The maximum Gasteiger partial charge on any atom is 0.420 e. The first-order valence-electron chi connectivity index (χ1n) is 15.2. The third kappa shape index (κ3) is 8.78. The molecule has 0 atom stereocenters. The number of nitrogens with zero attached hydrogens (tertiary/aromatic N) is 4. The number of rotatable bonds is 12. The van der Waals surface area contributed by atoms with E-state index in [9.17, 15) is 4.79 Å². The molecule has 5 rings (SSSR count). The molecule has 43 heavy (non-hydrogen) atoms. The number of ether oxygens (including phenoxy) is 2. The van der Waals surface area contributed by atoms with Crippen molar-refractivity contribution < 1.29 is 14.3 Å². The van der Waals surface area contributed by atoms with E-state index in [1.54, 1.807) is 17.2 Å². The Labute approximate surface area is 254 Å². The second-order valence-corrected chi connectivity index (χ2v) is 11.0. The van der Waals surface area contributed by atoms with Crippen molar-refractivity contribution in [1.82, 2.24) is 14.9 Å². The molecule has 0 saturated carbocycles. The number of likely N-dealkylation sites (tertiary alicyclic amines) is 1. The number of anilines is 3. The van der Waals surface area contributed by atoms with Gasteiger partial charge in [-0.05, 0) is 99.6 Å². The largest absolute Gasteiger partial charge is 0.494 e. The summed E-state index contributed by atoms with van der Waals surface area (Å²) < 4.78 is 11.9. The molecule has 1 amide bonds. The smallest absolute Gasteiger partial charge is 0.420 e. The normalized spacial score (nSPS) is 13.3. The van der Waals surface area contributed by atoms with E-state index in [0.29, 0.717) is 37.1 Å². The molecule has 2 heterocycles. The van der Waals surface area contributed by atoms with Gasteiger partial charge >= 0.3 is 6.09 Å². The van der Waals surface area contributed by atoms with E-state index in [1.807, 2.05) is 86.6 Å². The summed E-state index contributed by atoms with van der Waals surface area (Å²) in [7, 11) is 0. The second-order valence-electron chi connectivity index (χ2n) is 11.0. The Morgan fingerprint density at radius 2 is 1.65 bits per heavy atom. The van der Waals surface area contributed by atoms with Gasteiger partial charge in [-0.3, -0.25) is 4.90 Å². The Hall–Kier alpha value is -4.43. The summed E-state index contributed by atoms with van der Waals surface area (Å²) in [6.45, 7) is 8.47. The molecule has 224 valence electrons. The number of amides is 1. The zero-order valence-corrected chi connectivity index (χ0v) is 25.2. The molecule has 0 radical (unpaired) electrons. The minimum atomic E-state index is -0.486. The molecule has 8 heteroatoms. The number of aromatic nitrogens is 2. The summed E-state index contributed by atoms with van der Waals surface area (Å²) in [4.78, 5) is 26.7. The Morgan fingerprint density at radius 1 is 0.907 bits per heavy atom. The van der Waals surface area contributed by atoms with Gasteiger partial charge < -0.3 is 19.7 Å². The van der Waals surface area contributed by atoms with E-state index < -0.39 is 6.09 Å². The van der Waals surface area contributed by atoms with Gasteiger partial charge in [-0.15, -0.1) is 0 Å². The third-order valence-electron chi connectivity index (χ3n) is 7.65. The van der Waals surface area contributed by atoms with Crippen molar-refractivity contribution >= 4 is 23.5 Å². The number of para-hydroxylation sites is 1. The molecule has 1 fully saturated rings. The topological polar surface area (TPSA) is 79.8 Å². The lowest BCUT2D eigenvalue weighted by Gasteiger charge is -2.26. The molecule has 1 N–H and O–H groups in total. The lowest BCUT2D eigenvalue weighted by molar-refractivity contribution is 0.205. The molecule has 1 aromatic heterocycles. The monoisotopic (exact) mass is 579 g/mol. The van der Waals surface area contributed by atoms with Crippen LogP contribution in [0.2, 0.25) is 0 Å². The highest BCUT2D eigenvalue weighted by molar-refractivity contribution is 5.88. The zero-order chi connectivity index (χ0) is 29.9. The Balaban J connectivity index is 1.23. The summed E-state index contributed by atoms with van der Waals surface area (Å²) in [6, 6.07) is 25.4. The molecule has 1 aliphatic rings. The van der Waals surface area contributed by atoms with Crippen LogP contribution >= 0.6 is 0 Å². The van der Waals surface area contributed by atoms with Crippen LogP contribution in [0.1, 0.15) is 42.4 Å². The molecule has 0 aliphatic carbocycles. The van der Waals surface area contributed by atoms with Crippen molar-refractivity contribution in [3.8, 4) is 11.5 Å². The van der Waals surface area contributed by atoms with Crippen molar-refractivity contribution in [2.24, 2.45) is 0 Å². The first-order valence-corrected chi connectivity index (χ1v) is 15.2. The molecule has 3 aromatic carbocycles. The summed E-state index contributed by atoms with van der Waals surface area (Å²) in [5.74, 6) is 2.24. The van der Waals surface area contributed by atoms with Crippen LogP contribution in [-0.2, 0) is 6.42 Å². The number of aryl methyl sites for hydroxylation is 2. The Bertz CT molecular complexity index is 1440. The molecule has 8 nitrogen and oxygen atoms in total. The second kappa shape index (κ2) is 15.2. The van der Waals surface area contributed by atoms with Crippen molar-refractivity contribution in [3.05, 3.63) is 102 Å². The minimum Gasteiger partial charge on any atom is -0.494 e. The number of hydrogen-bond donors (Lipinski definition) is 1. The fourth-order valence-corrected chi connectivity index (χ4v) is 5.27. The SMILES string of the molecule is Cc1cccc(C)c1OC(=O)N(CCc1ccccc1)c1ccnc(Nc2ccc(OCCCN3CCCCC3)cc2)n1. The highest BCUT2D eigenvalue weighted by Crippen LogP contribution is 2.25. The van der Waals surface area contributed by atoms with Crippen LogP contribution in [0.25, 0.3) is 0 Å². The number of piperidine rings is 1. The van der Waals surface area contributed by atoms with Crippen LogP contribution in [0.4, 0.5) is 22.2 Å². The zero-order valence-electron chi connectivity index (χ0n) is 25.2. The molecular formula is C35H41N5O3. The molecule has 0 bridgehead atoms. The lowest BCUT2D eigenvalue weighted by atomic mass is 10.1. The molecule has 1 saturated heterocycles. The van der Waals surface area contributed by atoms with E-state index in [1.165, 1.54) is 32.4 Å². The number of benzene rings is 3. The predicted molar refractivity (Wildman–Crippen MR) is 172 cm³/mol. The Kier molecular flexibility index (Phi) is 10.6. The van der Waals surface area contributed by atoms with E-state index in [4.69, 9.17) is 9.47 Å². The summed E-state index contributed by atoms with van der Waals surface area (Å²) in [6.07, 6.45) is 6.80. The average molecular weight is 580 g/mol. The standard InChI is InChI=1S/C35H41N5O3/c1-27-11-9-12-28(2)33(27)43-35(41)40(25-20-29-13-5-3-6-14-29)32-19-21-36-34(38-32)37-30-15-17-31(18-16-30)42-26-10-24-39-22-7-4-8-23-39/h3,5-6,9,11-19,21H,4,7-8,10,20,22-26H2,1-2H3,(H,36,37,38). The van der Waals surface area contributed by atoms with E-state index >= 15 is 0 Å². The van der Waals surface area contributed by atoms with Crippen LogP contribution in [0.5, 0.6) is 11.5 Å². The first-order chi connectivity index (χ1) is 21.0. The fourth-order valence-electron chi connectivity index (χ4n) is 5.27. The van der Waals surface area contributed by atoms with Crippen molar-refractivity contribution in [2.45, 2.75) is 46.0 Å². The van der Waals surface area contributed by atoms with Crippen LogP contribution in [0, 0.1) is 13.8 Å². The van der Waals surface area contributed by atoms with Gasteiger partial charge in [0.25, 0.3) is 0 Å². The maximum absolute atomic E-state index is 13.6. The van der Waals surface area contributed by atoms with E-state index in [2.05, 4.69) is 20.2 Å². The molecule has 1 aliphatic heterocycles. The highest BCUT2D eigenvalue weighted by atomic mass is 16.6. The summed E-state index contributed by atoms with van der Waals surface area (Å²) in [5, 5.41) is 3.25. The summed E-state index contributed by atoms with van der Waals surface area (Å²) in [5.41, 5.74) is 3.74. The lowest BCUT2D eigenvalue weighted by Crippen LogP contribution is -2.36. The predicted octanol–water partition coefficient (Wildman–Crippen LogP) is 7.34. The number of carbonyl (C=O) groups excluding carboxylic acids is 1. The van der Waals surface area contributed by atoms with Crippen molar-refractivity contribution in [2.75, 3.05) is 43.0 Å². The van der Waals surface area contributed by atoms with Crippen molar-refractivity contribution in [3.63, 3.8) is 0 Å². The molecular weight excluding hydrogens is 538 g/mol. The Morgan fingerprint density at radius 3 is 2.40 bits per heavy atom. The van der Waals surface area contributed by atoms with E-state index in [0.717, 1.165) is 41.1 Å². The van der Waals surface area contributed by atoms with Gasteiger partial charge in [-0.2, -0.15) is 4.98 Å². The number of nitrogens with one attached hydrogen (secondary N) is 1. The highest BCUT2D eigenvalue weighted by Gasteiger charge is 2.22. The van der Waals surface area contributed by atoms with Gasteiger partial charge in [0, 0.05) is 25.0 Å². The number of carbonyl (C=O) groups is 1. The van der Waals surface area contributed by atoms with Crippen LogP contribution in [0.15, 0.2) is 85.1 Å². The molecule has 4 aromatic rings. The third-order valence-corrected chi connectivity index (χ3v) is 7.65. The summed E-state index contributed by atoms with van der Waals surface area (Å²) >= 11 is 0.